The number of benzene rings is 1. The molecule has 1 aliphatic heterocycles. The number of unbranched alkanes of at least 4 members (excludes halogenated alkanes) is 3. The average Bonchev–Trinajstić information content (AvgIpc) is 2.73. The summed E-state index contributed by atoms with van der Waals surface area (Å²) < 4.78 is 5.57. The highest BCUT2D eigenvalue weighted by Crippen LogP contribution is 2.29. The molecule has 1 aromatic carbocycles. The van der Waals surface area contributed by atoms with Crippen LogP contribution in [0.1, 0.15) is 43.7 Å². The van der Waals surface area contributed by atoms with Gasteiger partial charge in [-0.3, -0.25) is 0 Å². The SMILES string of the molecule is CCCCCCc1cccc2c1CCO2. The first-order valence-corrected chi connectivity index (χ1v) is 6.15. The maximum atomic E-state index is 5.57. The molecule has 1 heterocycles. The third-order valence-corrected chi connectivity index (χ3v) is 3.14. The van der Waals surface area contributed by atoms with Crippen LogP contribution in [0.2, 0.25) is 0 Å². The van der Waals surface area contributed by atoms with Gasteiger partial charge in [0.2, 0.25) is 0 Å². The van der Waals surface area contributed by atoms with Crippen LogP contribution in [-0.2, 0) is 12.8 Å². The molecule has 1 heteroatoms. The van der Waals surface area contributed by atoms with Gasteiger partial charge in [-0.1, -0.05) is 38.3 Å². The van der Waals surface area contributed by atoms with Crippen molar-refractivity contribution in [3.05, 3.63) is 29.3 Å². The highest BCUT2D eigenvalue weighted by molar-refractivity contribution is 5.42. The van der Waals surface area contributed by atoms with Crippen molar-refractivity contribution in [2.45, 2.75) is 45.4 Å². The molecule has 0 saturated heterocycles. The van der Waals surface area contributed by atoms with E-state index in [2.05, 4.69) is 25.1 Å². The summed E-state index contributed by atoms with van der Waals surface area (Å²) in [5, 5.41) is 0. The summed E-state index contributed by atoms with van der Waals surface area (Å²) in [6.45, 7) is 3.13. The molecule has 0 unspecified atom stereocenters. The number of fused-ring (bicyclic) bond motifs is 1. The highest BCUT2D eigenvalue weighted by Gasteiger charge is 2.14. The topological polar surface area (TPSA) is 9.23 Å². The zero-order valence-corrected chi connectivity index (χ0v) is 9.59. The normalized spacial score (nSPS) is 13.7. The molecule has 0 aromatic heterocycles. The molecule has 1 aliphatic rings. The lowest BCUT2D eigenvalue weighted by Crippen LogP contribution is -1.92. The van der Waals surface area contributed by atoms with Gasteiger partial charge in [0.1, 0.15) is 5.75 Å². The Bertz CT molecular complexity index is 317. The fraction of sp³-hybridized carbons (Fsp3) is 0.571. The maximum absolute atomic E-state index is 5.57. The number of rotatable bonds is 5. The molecular weight excluding hydrogens is 184 g/mol. The van der Waals surface area contributed by atoms with E-state index in [1.165, 1.54) is 43.2 Å². The van der Waals surface area contributed by atoms with Crippen molar-refractivity contribution in [2.24, 2.45) is 0 Å². The van der Waals surface area contributed by atoms with Gasteiger partial charge in [0.15, 0.2) is 0 Å². The number of aryl methyl sites for hydroxylation is 1. The van der Waals surface area contributed by atoms with Crippen LogP contribution in [0.4, 0.5) is 0 Å². The Morgan fingerprint density at radius 1 is 1.20 bits per heavy atom. The largest absolute Gasteiger partial charge is 0.493 e. The van der Waals surface area contributed by atoms with Gasteiger partial charge in [0, 0.05) is 12.0 Å². The fourth-order valence-electron chi connectivity index (χ4n) is 2.27. The molecule has 0 N–H and O–H groups in total. The molecule has 0 bridgehead atoms. The number of hydrogen-bond acceptors (Lipinski definition) is 1. The van der Waals surface area contributed by atoms with Crippen molar-refractivity contribution in [3.63, 3.8) is 0 Å². The van der Waals surface area contributed by atoms with Gasteiger partial charge in [-0.25, -0.2) is 0 Å². The lowest BCUT2D eigenvalue weighted by Gasteiger charge is -2.06. The molecule has 0 amide bonds. The van der Waals surface area contributed by atoms with Gasteiger partial charge >= 0.3 is 0 Å². The second-order valence-corrected chi connectivity index (χ2v) is 4.30. The Kier molecular flexibility index (Phi) is 3.65. The average molecular weight is 204 g/mol. The third kappa shape index (κ3) is 2.53. The monoisotopic (exact) mass is 204 g/mol. The van der Waals surface area contributed by atoms with Gasteiger partial charge in [-0.2, -0.15) is 0 Å². The lowest BCUT2D eigenvalue weighted by molar-refractivity contribution is 0.357. The van der Waals surface area contributed by atoms with Crippen LogP contribution >= 0.6 is 0 Å². The molecule has 0 fully saturated rings. The van der Waals surface area contributed by atoms with E-state index in [0.29, 0.717) is 0 Å². The smallest absolute Gasteiger partial charge is 0.122 e. The van der Waals surface area contributed by atoms with Crippen LogP contribution in [0.3, 0.4) is 0 Å². The van der Waals surface area contributed by atoms with Gasteiger partial charge in [-0.05, 0) is 24.5 Å². The predicted molar refractivity (Wildman–Crippen MR) is 63.5 cm³/mol. The standard InChI is InChI=1S/C14H20O/c1-2-3-4-5-7-12-8-6-9-14-13(12)10-11-15-14/h6,8-9H,2-5,7,10-11H2,1H3. The summed E-state index contributed by atoms with van der Waals surface area (Å²) in [5.74, 6) is 1.13. The van der Waals surface area contributed by atoms with Crippen molar-refractivity contribution in [1.82, 2.24) is 0 Å². The van der Waals surface area contributed by atoms with Crippen LogP contribution in [0.25, 0.3) is 0 Å². The van der Waals surface area contributed by atoms with Crippen LogP contribution < -0.4 is 4.74 Å². The van der Waals surface area contributed by atoms with E-state index in [0.717, 1.165) is 18.8 Å². The third-order valence-electron chi connectivity index (χ3n) is 3.14. The Morgan fingerprint density at radius 2 is 2.13 bits per heavy atom. The van der Waals surface area contributed by atoms with Crippen molar-refractivity contribution in [1.29, 1.82) is 0 Å². The van der Waals surface area contributed by atoms with E-state index in [4.69, 9.17) is 4.74 Å². The van der Waals surface area contributed by atoms with Crippen LogP contribution in [0.5, 0.6) is 5.75 Å². The Balaban J connectivity index is 1.94. The van der Waals surface area contributed by atoms with Gasteiger partial charge in [0.25, 0.3) is 0 Å². The lowest BCUT2D eigenvalue weighted by atomic mass is 9.99. The minimum Gasteiger partial charge on any atom is -0.493 e. The summed E-state index contributed by atoms with van der Waals surface area (Å²) >= 11 is 0. The summed E-state index contributed by atoms with van der Waals surface area (Å²) in [7, 11) is 0. The van der Waals surface area contributed by atoms with E-state index in [-0.39, 0.29) is 0 Å². The van der Waals surface area contributed by atoms with Gasteiger partial charge in [-0.15, -0.1) is 0 Å². The second-order valence-electron chi connectivity index (χ2n) is 4.30. The van der Waals surface area contributed by atoms with E-state index < -0.39 is 0 Å². The zero-order valence-electron chi connectivity index (χ0n) is 9.59. The first-order valence-electron chi connectivity index (χ1n) is 6.15. The fourth-order valence-corrected chi connectivity index (χ4v) is 2.27. The molecule has 0 radical (unpaired) electrons. The molecule has 0 atom stereocenters. The Labute approximate surface area is 92.5 Å². The van der Waals surface area contributed by atoms with Gasteiger partial charge in [0.05, 0.1) is 6.61 Å². The van der Waals surface area contributed by atoms with Crippen LogP contribution in [-0.4, -0.2) is 6.61 Å². The van der Waals surface area contributed by atoms with E-state index >= 15 is 0 Å². The summed E-state index contributed by atoms with van der Waals surface area (Å²) in [4.78, 5) is 0. The summed E-state index contributed by atoms with van der Waals surface area (Å²) in [5.41, 5.74) is 2.98. The Morgan fingerprint density at radius 3 is 3.00 bits per heavy atom. The highest BCUT2D eigenvalue weighted by atomic mass is 16.5. The first-order chi connectivity index (χ1) is 7.42. The minimum atomic E-state index is 0.876. The predicted octanol–water partition coefficient (Wildman–Crippen LogP) is 3.74. The zero-order chi connectivity index (χ0) is 10.5. The minimum absolute atomic E-state index is 0.876. The molecule has 0 saturated carbocycles. The van der Waals surface area contributed by atoms with Crippen LogP contribution in [0.15, 0.2) is 18.2 Å². The van der Waals surface area contributed by atoms with Crippen molar-refractivity contribution in [3.8, 4) is 5.75 Å². The van der Waals surface area contributed by atoms with Crippen molar-refractivity contribution >= 4 is 0 Å². The van der Waals surface area contributed by atoms with E-state index in [1.54, 1.807) is 0 Å². The van der Waals surface area contributed by atoms with Crippen molar-refractivity contribution in [2.75, 3.05) is 6.61 Å². The summed E-state index contributed by atoms with van der Waals surface area (Å²) in [6.07, 6.45) is 7.71. The van der Waals surface area contributed by atoms with E-state index in [9.17, 15) is 0 Å². The molecule has 1 nitrogen and oxygen atoms in total. The van der Waals surface area contributed by atoms with Gasteiger partial charge < -0.3 is 4.74 Å². The quantitative estimate of drug-likeness (QED) is 0.664. The second kappa shape index (κ2) is 5.20. The van der Waals surface area contributed by atoms with Crippen molar-refractivity contribution < 1.29 is 4.74 Å². The molecule has 1 aromatic rings. The van der Waals surface area contributed by atoms with E-state index in [1.807, 2.05) is 0 Å². The maximum Gasteiger partial charge on any atom is 0.122 e. The molecule has 0 aliphatic carbocycles. The molecule has 15 heavy (non-hydrogen) atoms. The molecule has 0 spiro atoms. The Hall–Kier alpha value is -0.980. The number of hydrogen-bond donors (Lipinski definition) is 0. The molecule has 2 rings (SSSR count). The number of ether oxygens (including phenoxy) is 1. The molecule has 82 valence electrons. The first kappa shape index (κ1) is 10.5. The summed E-state index contributed by atoms with van der Waals surface area (Å²) in [6, 6.07) is 6.48. The van der Waals surface area contributed by atoms with Crippen LogP contribution in [0, 0.1) is 0 Å². The molecular formula is C14H20O.